The third kappa shape index (κ3) is 4.53. The quantitative estimate of drug-likeness (QED) is 0.837. The SMILES string of the molecule is CCN1CCN(c2cccc(NC(=O)c3cc(C(F)(F)F)c[nH]c3=O)c2)CC1. The van der Waals surface area contributed by atoms with Crippen LogP contribution in [0.5, 0.6) is 0 Å². The van der Waals surface area contributed by atoms with Gasteiger partial charge in [0.05, 0.1) is 5.56 Å². The van der Waals surface area contributed by atoms with Crippen LogP contribution in [0, 0.1) is 0 Å². The number of carbonyl (C=O) groups is 1. The van der Waals surface area contributed by atoms with Gasteiger partial charge in [0.2, 0.25) is 0 Å². The fourth-order valence-corrected chi connectivity index (χ4v) is 3.12. The Kier molecular flexibility index (Phi) is 5.73. The molecular formula is C19H21F3N4O2. The Balaban J connectivity index is 1.76. The number of hydrogen-bond donors (Lipinski definition) is 2. The highest BCUT2D eigenvalue weighted by Crippen LogP contribution is 2.28. The highest BCUT2D eigenvalue weighted by atomic mass is 19.4. The van der Waals surface area contributed by atoms with E-state index in [4.69, 9.17) is 0 Å². The number of carbonyl (C=O) groups excluding carboxylic acids is 1. The van der Waals surface area contributed by atoms with Gasteiger partial charge in [-0.3, -0.25) is 9.59 Å². The first-order valence-electron chi connectivity index (χ1n) is 8.96. The van der Waals surface area contributed by atoms with E-state index in [1.165, 1.54) is 0 Å². The van der Waals surface area contributed by atoms with E-state index < -0.39 is 28.8 Å². The minimum absolute atomic E-state index is 0.414. The van der Waals surface area contributed by atoms with E-state index in [9.17, 15) is 22.8 Å². The van der Waals surface area contributed by atoms with E-state index in [1.54, 1.807) is 18.2 Å². The van der Waals surface area contributed by atoms with Gasteiger partial charge in [-0.15, -0.1) is 0 Å². The van der Waals surface area contributed by atoms with Gasteiger partial charge in [0.1, 0.15) is 5.56 Å². The van der Waals surface area contributed by atoms with Gasteiger partial charge in [0.15, 0.2) is 0 Å². The van der Waals surface area contributed by atoms with Gasteiger partial charge in [-0.25, -0.2) is 0 Å². The fourth-order valence-electron chi connectivity index (χ4n) is 3.12. The van der Waals surface area contributed by atoms with Crippen LogP contribution in [0.25, 0.3) is 0 Å². The Hall–Kier alpha value is -2.81. The summed E-state index contributed by atoms with van der Waals surface area (Å²) in [6.07, 6.45) is -4.10. The molecule has 2 heterocycles. The minimum atomic E-state index is -4.65. The molecule has 2 N–H and O–H groups in total. The predicted octanol–water partition coefficient (Wildman–Crippen LogP) is 2.79. The number of nitrogens with zero attached hydrogens (tertiary/aromatic N) is 2. The van der Waals surface area contributed by atoms with Crippen LogP contribution in [-0.4, -0.2) is 48.5 Å². The molecule has 1 saturated heterocycles. The van der Waals surface area contributed by atoms with E-state index in [0.717, 1.165) is 38.4 Å². The van der Waals surface area contributed by atoms with E-state index in [-0.39, 0.29) is 0 Å². The molecule has 9 heteroatoms. The normalized spacial score (nSPS) is 15.5. The number of H-pyrrole nitrogens is 1. The number of hydrogen-bond acceptors (Lipinski definition) is 4. The Morgan fingerprint density at radius 2 is 1.89 bits per heavy atom. The molecular weight excluding hydrogens is 373 g/mol. The zero-order chi connectivity index (χ0) is 20.3. The molecule has 150 valence electrons. The number of amides is 1. The molecule has 1 fully saturated rings. The van der Waals surface area contributed by atoms with Crippen molar-refractivity contribution >= 4 is 17.3 Å². The van der Waals surface area contributed by atoms with Gasteiger partial charge in [0, 0.05) is 43.8 Å². The van der Waals surface area contributed by atoms with Gasteiger partial charge in [-0.1, -0.05) is 13.0 Å². The lowest BCUT2D eigenvalue weighted by Crippen LogP contribution is -2.46. The molecule has 1 aromatic carbocycles. The summed E-state index contributed by atoms with van der Waals surface area (Å²) in [5, 5.41) is 2.51. The lowest BCUT2D eigenvalue weighted by atomic mass is 10.1. The number of anilines is 2. The lowest BCUT2D eigenvalue weighted by molar-refractivity contribution is -0.137. The zero-order valence-corrected chi connectivity index (χ0v) is 15.3. The number of nitrogens with one attached hydrogen (secondary N) is 2. The monoisotopic (exact) mass is 394 g/mol. The molecule has 0 spiro atoms. The van der Waals surface area contributed by atoms with Gasteiger partial charge < -0.3 is 20.1 Å². The average molecular weight is 394 g/mol. The highest BCUT2D eigenvalue weighted by Gasteiger charge is 2.32. The van der Waals surface area contributed by atoms with E-state index in [1.807, 2.05) is 11.1 Å². The lowest BCUT2D eigenvalue weighted by Gasteiger charge is -2.35. The molecule has 1 aliphatic rings. The van der Waals surface area contributed by atoms with Gasteiger partial charge >= 0.3 is 6.18 Å². The predicted molar refractivity (Wildman–Crippen MR) is 101 cm³/mol. The highest BCUT2D eigenvalue weighted by molar-refractivity contribution is 6.04. The summed E-state index contributed by atoms with van der Waals surface area (Å²) in [7, 11) is 0. The second-order valence-electron chi connectivity index (χ2n) is 6.55. The number of alkyl halides is 3. The summed E-state index contributed by atoms with van der Waals surface area (Å²) >= 11 is 0. The van der Waals surface area contributed by atoms with Crippen molar-refractivity contribution in [3.8, 4) is 0 Å². The van der Waals surface area contributed by atoms with E-state index >= 15 is 0 Å². The van der Waals surface area contributed by atoms with Gasteiger partial charge in [0.25, 0.3) is 11.5 Å². The fraction of sp³-hybridized carbons (Fsp3) is 0.368. The topological polar surface area (TPSA) is 68.4 Å². The summed E-state index contributed by atoms with van der Waals surface area (Å²) in [6.45, 7) is 6.67. The molecule has 6 nitrogen and oxygen atoms in total. The third-order valence-corrected chi connectivity index (χ3v) is 4.76. The van der Waals surface area contributed by atoms with Gasteiger partial charge in [-0.2, -0.15) is 13.2 Å². The van der Waals surface area contributed by atoms with Crippen molar-refractivity contribution in [2.24, 2.45) is 0 Å². The molecule has 1 aromatic heterocycles. The summed E-state index contributed by atoms with van der Waals surface area (Å²) in [5.74, 6) is -0.889. The number of pyridine rings is 1. The number of rotatable bonds is 4. The van der Waals surface area contributed by atoms with Gasteiger partial charge in [-0.05, 0) is 30.8 Å². The number of benzene rings is 1. The molecule has 0 atom stereocenters. The average Bonchev–Trinajstić information content (AvgIpc) is 2.67. The molecule has 28 heavy (non-hydrogen) atoms. The van der Waals surface area contributed by atoms with Crippen LogP contribution in [0.1, 0.15) is 22.8 Å². The van der Waals surface area contributed by atoms with Crippen molar-refractivity contribution in [2.45, 2.75) is 13.1 Å². The van der Waals surface area contributed by atoms with Crippen LogP contribution >= 0.6 is 0 Å². The van der Waals surface area contributed by atoms with Crippen molar-refractivity contribution in [1.82, 2.24) is 9.88 Å². The maximum Gasteiger partial charge on any atom is 0.417 e. The van der Waals surface area contributed by atoms with Crippen LogP contribution in [-0.2, 0) is 6.18 Å². The Morgan fingerprint density at radius 3 is 2.54 bits per heavy atom. The number of aromatic amines is 1. The largest absolute Gasteiger partial charge is 0.417 e. The van der Waals surface area contributed by atoms with Crippen molar-refractivity contribution in [3.05, 3.63) is 58.0 Å². The first-order valence-corrected chi connectivity index (χ1v) is 8.96. The van der Waals surface area contributed by atoms with Crippen LogP contribution < -0.4 is 15.8 Å². The van der Waals surface area contributed by atoms with Crippen molar-refractivity contribution in [3.63, 3.8) is 0 Å². The molecule has 0 unspecified atom stereocenters. The van der Waals surface area contributed by atoms with E-state index in [2.05, 4.69) is 22.0 Å². The summed E-state index contributed by atoms with van der Waals surface area (Å²) in [4.78, 5) is 30.7. The maximum atomic E-state index is 12.8. The Labute approximate surface area is 160 Å². The summed E-state index contributed by atoms with van der Waals surface area (Å²) < 4.78 is 38.5. The molecule has 1 aliphatic heterocycles. The second kappa shape index (κ2) is 8.05. The third-order valence-electron chi connectivity index (χ3n) is 4.76. The summed E-state index contributed by atoms with van der Waals surface area (Å²) in [5.41, 5.74) is -1.22. The van der Waals surface area contributed by atoms with Crippen LogP contribution in [0.3, 0.4) is 0 Å². The number of piperazine rings is 1. The van der Waals surface area contributed by atoms with Crippen LogP contribution in [0.4, 0.5) is 24.5 Å². The Morgan fingerprint density at radius 1 is 1.18 bits per heavy atom. The first-order chi connectivity index (χ1) is 13.3. The molecule has 0 bridgehead atoms. The number of aromatic nitrogens is 1. The van der Waals surface area contributed by atoms with Crippen molar-refractivity contribution in [1.29, 1.82) is 0 Å². The number of likely N-dealkylation sites (N-methyl/N-ethyl adjacent to an activating group) is 1. The maximum absolute atomic E-state index is 12.8. The molecule has 0 aliphatic carbocycles. The van der Waals surface area contributed by atoms with Crippen LogP contribution in [0.2, 0.25) is 0 Å². The molecule has 0 radical (unpaired) electrons. The smallest absolute Gasteiger partial charge is 0.369 e. The molecule has 0 saturated carbocycles. The Bertz CT molecular complexity index is 903. The zero-order valence-electron chi connectivity index (χ0n) is 15.3. The first kappa shape index (κ1) is 19.9. The number of halogens is 3. The van der Waals surface area contributed by atoms with Crippen molar-refractivity contribution < 1.29 is 18.0 Å². The van der Waals surface area contributed by atoms with Crippen LogP contribution in [0.15, 0.2) is 41.3 Å². The standard InChI is InChI=1S/C19H21F3N4O2/c1-2-25-6-8-26(9-7-25)15-5-3-4-14(11-15)24-18(28)16-10-13(19(20,21)22)12-23-17(16)27/h3-5,10-12H,2,6-9H2,1H3,(H,23,27)(H,24,28). The minimum Gasteiger partial charge on any atom is -0.369 e. The molecule has 3 rings (SSSR count). The summed E-state index contributed by atoms with van der Waals surface area (Å²) in [6, 6.07) is 7.61. The molecule has 1 amide bonds. The second-order valence-corrected chi connectivity index (χ2v) is 6.55. The van der Waals surface area contributed by atoms with Crippen molar-refractivity contribution in [2.75, 3.05) is 42.9 Å². The van der Waals surface area contributed by atoms with E-state index in [0.29, 0.717) is 18.0 Å². The molecule has 2 aromatic rings.